The van der Waals surface area contributed by atoms with Crippen molar-refractivity contribution in [2.75, 3.05) is 0 Å². The monoisotopic (exact) mass is 592 g/mol. The molecule has 0 atom stereocenters. The zero-order valence-electron chi connectivity index (χ0n) is 15.9. The van der Waals surface area contributed by atoms with E-state index in [1.54, 1.807) is 30.3 Å². The quantitative estimate of drug-likeness (QED) is 0.163. The summed E-state index contributed by atoms with van der Waals surface area (Å²) in [5.41, 5.74) is 4.63. The largest absolute Gasteiger partial charge is 0.488 e. The molecule has 156 valence electrons. The Kier molecular flexibility index (Phi) is 6.67. The first kappa shape index (κ1) is 21.5. The first-order valence-electron chi connectivity index (χ1n) is 9.17. The highest BCUT2D eigenvalue weighted by Crippen LogP contribution is 2.24. The number of rotatable bonds is 6. The molecule has 0 saturated carbocycles. The Bertz CT molecular complexity index is 1290. The van der Waals surface area contributed by atoms with Crippen LogP contribution in [0, 0.1) is 9.39 Å². The van der Waals surface area contributed by atoms with Crippen molar-refractivity contribution in [1.82, 2.24) is 5.43 Å². The van der Waals surface area contributed by atoms with Crippen molar-refractivity contribution in [2.45, 2.75) is 6.61 Å². The van der Waals surface area contributed by atoms with Gasteiger partial charge in [-0.15, -0.1) is 0 Å². The number of ether oxygens (including phenoxy) is 1. The van der Waals surface area contributed by atoms with Crippen molar-refractivity contribution in [1.29, 1.82) is 0 Å². The summed E-state index contributed by atoms with van der Waals surface area (Å²) in [5.74, 6) is 0.133. The number of fused-ring (bicyclic) bond motifs is 1. The van der Waals surface area contributed by atoms with Crippen molar-refractivity contribution >= 4 is 61.6 Å². The molecule has 0 saturated heterocycles. The highest BCUT2D eigenvalue weighted by atomic mass is 127. The molecule has 8 heteroatoms. The maximum Gasteiger partial charge on any atom is 0.307 e. The predicted octanol–water partition coefficient (Wildman–Crippen LogP) is 6.28. The molecule has 4 rings (SSSR count). The van der Waals surface area contributed by atoms with Gasteiger partial charge in [0.25, 0.3) is 0 Å². The van der Waals surface area contributed by atoms with E-state index >= 15 is 0 Å². The van der Waals surface area contributed by atoms with Gasteiger partial charge in [0.2, 0.25) is 0 Å². The first-order valence-corrected chi connectivity index (χ1v) is 11.0. The molecule has 0 fully saturated rings. The fourth-order valence-corrected chi connectivity index (χ4v) is 3.92. The Hall–Kier alpha value is -2.72. The smallest absolute Gasteiger partial charge is 0.307 e. The van der Waals surface area contributed by atoms with Crippen LogP contribution in [0.15, 0.2) is 80.7 Å². The highest BCUT2D eigenvalue weighted by molar-refractivity contribution is 14.1. The van der Waals surface area contributed by atoms with E-state index in [1.165, 1.54) is 18.3 Å². The van der Waals surface area contributed by atoms with E-state index in [9.17, 15) is 9.18 Å². The average molecular weight is 593 g/mol. The van der Waals surface area contributed by atoms with Gasteiger partial charge in [0.05, 0.1) is 9.78 Å². The first-order chi connectivity index (χ1) is 15.0. The Morgan fingerprint density at radius 2 is 2.03 bits per heavy atom. The van der Waals surface area contributed by atoms with E-state index in [0.717, 1.165) is 24.6 Å². The van der Waals surface area contributed by atoms with Gasteiger partial charge in [0.1, 0.15) is 23.8 Å². The third kappa shape index (κ3) is 5.50. The molecule has 1 N–H and O–H groups in total. The lowest BCUT2D eigenvalue weighted by molar-refractivity contribution is 0.0929. The molecule has 1 aromatic heterocycles. The van der Waals surface area contributed by atoms with E-state index < -0.39 is 5.91 Å². The molecule has 0 aliphatic heterocycles. The van der Waals surface area contributed by atoms with Crippen molar-refractivity contribution in [2.24, 2.45) is 5.10 Å². The number of furan rings is 1. The average Bonchev–Trinajstić information content (AvgIpc) is 3.16. The predicted molar refractivity (Wildman–Crippen MR) is 129 cm³/mol. The van der Waals surface area contributed by atoms with E-state index in [4.69, 9.17) is 9.15 Å². The number of hydrazone groups is 1. The summed E-state index contributed by atoms with van der Waals surface area (Å²) in [5, 5.41) is 4.83. The summed E-state index contributed by atoms with van der Waals surface area (Å²) in [4.78, 5) is 12.3. The Balaban J connectivity index is 1.37. The number of hydrogen-bond acceptors (Lipinski definition) is 4. The van der Waals surface area contributed by atoms with E-state index in [-0.39, 0.29) is 18.2 Å². The summed E-state index contributed by atoms with van der Waals surface area (Å²) in [6.07, 6.45) is 1.54. The molecule has 0 bridgehead atoms. The molecule has 0 aliphatic rings. The molecular weight excluding hydrogens is 578 g/mol. The van der Waals surface area contributed by atoms with Crippen molar-refractivity contribution < 1.29 is 18.3 Å². The number of hydrogen-bond donors (Lipinski definition) is 1. The lowest BCUT2D eigenvalue weighted by atomic mass is 10.2. The summed E-state index contributed by atoms with van der Waals surface area (Å²) >= 11 is 5.54. The van der Waals surface area contributed by atoms with E-state index in [1.807, 2.05) is 24.3 Å². The van der Waals surface area contributed by atoms with Crippen LogP contribution in [0.1, 0.15) is 21.7 Å². The van der Waals surface area contributed by atoms with Gasteiger partial charge in [-0.3, -0.25) is 4.79 Å². The molecule has 31 heavy (non-hydrogen) atoms. The van der Waals surface area contributed by atoms with Crippen LogP contribution in [0.4, 0.5) is 4.39 Å². The van der Waals surface area contributed by atoms with Crippen LogP contribution in [0.25, 0.3) is 11.0 Å². The lowest BCUT2D eigenvalue weighted by Gasteiger charge is -2.09. The Morgan fingerprint density at radius 1 is 1.16 bits per heavy atom. The third-order valence-electron chi connectivity index (χ3n) is 4.32. The third-order valence-corrected chi connectivity index (χ3v) is 5.66. The second-order valence-electron chi connectivity index (χ2n) is 6.60. The molecule has 5 nitrogen and oxygen atoms in total. The highest BCUT2D eigenvalue weighted by Gasteiger charge is 2.11. The van der Waals surface area contributed by atoms with Gasteiger partial charge in [-0.05, 0) is 88.3 Å². The van der Waals surface area contributed by atoms with Gasteiger partial charge in [0, 0.05) is 9.86 Å². The number of benzene rings is 3. The van der Waals surface area contributed by atoms with Crippen LogP contribution in [0.3, 0.4) is 0 Å². The fourth-order valence-electron chi connectivity index (χ4n) is 2.85. The lowest BCUT2D eigenvalue weighted by Crippen LogP contribution is -2.16. The Labute approximate surface area is 199 Å². The minimum Gasteiger partial charge on any atom is -0.488 e. The van der Waals surface area contributed by atoms with Gasteiger partial charge >= 0.3 is 5.91 Å². The normalized spacial score (nSPS) is 11.2. The van der Waals surface area contributed by atoms with Crippen molar-refractivity contribution in [3.63, 3.8) is 0 Å². The summed E-state index contributed by atoms with van der Waals surface area (Å²) in [7, 11) is 0. The van der Waals surface area contributed by atoms with Gasteiger partial charge in [-0.1, -0.05) is 28.1 Å². The number of nitrogens with zero attached hydrogens (tertiary/aromatic N) is 1. The molecule has 0 spiro atoms. The van der Waals surface area contributed by atoms with Gasteiger partial charge < -0.3 is 9.15 Å². The van der Waals surface area contributed by atoms with Crippen LogP contribution >= 0.6 is 38.5 Å². The Morgan fingerprint density at radius 3 is 2.84 bits per heavy atom. The number of carbonyl (C=O) groups is 1. The number of nitrogens with one attached hydrogen (secondary N) is 1. The van der Waals surface area contributed by atoms with Crippen LogP contribution < -0.4 is 10.2 Å². The van der Waals surface area contributed by atoms with E-state index in [2.05, 4.69) is 49.0 Å². The van der Waals surface area contributed by atoms with Crippen LogP contribution in [0.5, 0.6) is 5.75 Å². The summed E-state index contributed by atoms with van der Waals surface area (Å²) in [6.45, 7) is 0.269. The fraction of sp³-hybridized carbons (Fsp3) is 0.0435. The molecule has 3 aromatic carbocycles. The number of amides is 1. The van der Waals surface area contributed by atoms with Crippen molar-refractivity contribution in [3.05, 3.63) is 97.5 Å². The molecule has 1 amide bonds. The number of carbonyl (C=O) groups excluding carboxylic acids is 1. The second-order valence-corrected chi connectivity index (χ2v) is 8.68. The maximum absolute atomic E-state index is 13.3. The zero-order chi connectivity index (χ0) is 21.8. The molecule has 0 unspecified atom stereocenters. The molecule has 0 radical (unpaired) electrons. The molecule has 4 aromatic rings. The SMILES string of the molecule is O=C(N/N=C/c1ccc(OCc2cccc(F)c2)c(I)c1)c1cc2cc(Br)ccc2o1. The molecule has 1 heterocycles. The van der Waals surface area contributed by atoms with Crippen LogP contribution in [-0.2, 0) is 6.61 Å². The minimum atomic E-state index is -0.437. The zero-order valence-corrected chi connectivity index (χ0v) is 19.7. The summed E-state index contributed by atoms with van der Waals surface area (Å²) in [6, 6.07) is 19.0. The molecule has 0 aliphatic carbocycles. The molecular formula is C23H15BrFIN2O3. The standard InChI is InChI=1S/C23H15BrFIN2O3/c24-17-5-7-20-16(10-17)11-22(31-20)23(29)28-27-12-14-4-6-21(19(26)9-14)30-13-15-2-1-3-18(25)8-15/h1-12H,13H2,(H,28,29)/b27-12+. The van der Waals surface area contributed by atoms with Crippen LogP contribution in [-0.4, -0.2) is 12.1 Å². The van der Waals surface area contributed by atoms with Crippen LogP contribution in [0.2, 0.25) is 0 Å². The van der Waals surface area contributed by atoms with Gasteiger partial charge in [-0.2, -0.15) is 5.10 Å². The van der Waals surface area contributed by atoms with Gasteiger partial charge in [0.15, 0.2) is 5.76 Å². The number of halogens is 3. The summed E-state index contributed by atoms with van der Waals surface area (Å²) < 4.78 is 26.4. The topological polar surface area (TPSA) is 63.8 Å². The van der Waals surface area contributed by atoms with E-state index in [0.29, 0.717) is 11.3 Å². The second kappa shape index (κ2) is 9.61. The minimum absolute atomic E-state index is 0.181. The maximum atomic E-state index is 13.3. The van der Waals surface area contributed by atoms with Crippen molar-refractivity contribution in [3.8, 4) is 5.75 Å². The van der Waals surface area contributed by atoms with Gasteiger partial charge in [-0.25, -0.2) is 9.82 Å².